The van der Waals surface area contributed by atoms with Gasteiger partial charge in [0.15, 0.2) is 12.0 Å². The summed E-state index contributed by atoms with van der Waals surface area (Å²) in [5.41, 5.74) is 6.03. The van der Waals surface area contributed by atoms with E-state index in [-0.39, 0.29) is 40.8 Å². The highest BCUT2D eigenvalue weighted by atomic mass is 19.4. The van der Waals surface area contributed by atoms with Crippen LogP contribution in [0.1, 0.15) is 44.9 Å². The lowest BCUT2D eigenvalue weighted by molar-refractivity contribution is -0.138. The Labute approximate surface area is 193 Å². The molecule has 0 radical (unpaired) electrons. The highest BCUT2D eigenvalue weighted by Gasteiger charge is 2.32. The first kappa shape index (κ1) is 24.9. The van der Waals surface area contributed by atoms with Crippen LogP contribution >= 0.6 is 0 Å². The van der Waals surface area contributed by atoms with Crippen LogP contribution in [0.15, 0.2) is 35.1 Å². The number of benzene rings is 1. The fourth-order valence-electron chi connectivity index (χ4n) is 3.13. The van der Waals surface area contributed by atoms with Gasteiger partial charge in [0.25, 0.3) is 5.91 Å². The molecule has 0 spiro atoms. The molecule has 0 saturated heterocycles. The van der Waals surface area contributed by atoms with Crippen molar-refractivity contribution in [3.05, 3.63) is 64.4 Å². The average Bonchev–Trinajstić information content (AvgIpc) is 3.23. The van der Waals surface area contributed by atoms with Gasteiger partial charge in [0.05, 0.1) is 12.1 Å². The molecular formula is C21H24F3N7O3. The van der Waals surface area contributed by atoms with Crippen molar-refractivity contribution in [2.75, 3.05) is 25.1 Å². The molecule has 10 nitrogen and oxygen atoms in total. The van der Waals surface area contributed by atoms with Gasteiger partial charge in [-0.1, -0.05) is 11.2 Å². The molecule has 1 aromatic carbocycles. The minimum atomic E-state index is -4.52. The summed E-state index contributed by atoms with van der Waals surface area (Å²) in [6.45, 7) is 1.65. The maximum Gasteiger partial charge on any atom is 0.416 e. The van der Waals surface area contributed by atoms with Crippen LogP contribution in [0.2, 0.25) is 0 Å². The number of alkyl halides is 3. The van der Waals surface area contributed by atoms with Gasteiger partial charge >= 0.3 is 6.18 Å². The first-order valence-electron chi connectivity index (χ1n) is 10.1. The number of halogens is 3. The van der Waals surface area contributed by atoms with Crippen LogP contribution in [0.5, 0.6) is 0 Å². The van der Waals surface area contributed by atoms with Gasteiger partial charge in [0, 0.05) is 23.9 Å². The standard InChI is InChI=1S/C21H24F3N7O3/c1-11-4-5-12(6-15(11)21(22,23)24)29-19(32)16-7-13(30-34-16)8-26-20(33)17-14(9-31(2)3)18(25)28-10-27-17/h4-7,10,19,29,32H,8-9H2,1-3H3,(H,26,33)(H2,25,27,28). The molecule has 0 saturated carbocycles. The molecule has 1 amide bonds. The zero-order valence-corrected chi connectivity index (χ0v) is 18.6. The maximum absolute atomic E-state index is 13.1. The number of amides is 1. The molecule has 2 heterocycles. The Hall–Kier alpha value is -3.71. The summed E-state index contributed by atoms with van der Waals surface area (Å²) in [6.07, 6.45) is -4.80. The molecule has 182 valence electrons. The summed E-state index contributed by atoms with van der Waals surface area (Å²) in [4.78, 5) is 22.3. The van der Waals surface area contributed by atoms with Gasteiger partial charge < -0.3 is 30.9 Å². The number of hydrogen-bond acceptors (Lipinski definition) is 9. The molecule has 13 heteroatoms. The molecule has 0 fully saturated rings. The minimum absolute atomic E-state index is 0.0436. The number of rotatable bonds is 8. The lowest BCUT2D eigenvalue weighted by Gasteiger charge is -2.15. The Bertz CT molecular complexity index is 1160. The average molecular weight is 479 g/mol. The van der Waals surface area contributed by atoms with Gasteiger partial charge in [-0.15, -0.1) is 0 Å². The quantitative estimate of drug-likeness (QED) is 0.358. The molecule has 34 heavy (non-hydrogen) atoms. The van der Waals surface area contributed by atoms with E-state index in [1.165, 1.54) is 31.5 Å². The van der Waals surface area contributed by atoms with Gasteiger partial charge in [-0.25, -0.2) is 9.97 Å². The van der Waals surface area contributed by atoms with E-state index in [2.05, 4.69) is 25.8 Å². The third-order valence-corrected chi connectivity index (χ3v) is 4.79. The Morgan fingerprint density at radius 1 is 1.26 bits per heavy atom. The number of nitrogens with two attached hydrogens (primary N) is 1. The number of carbonyl (C=O) groups is 1. The number of aryl methyl sites for hydroxylation is 1. The van der Waals surface area contributed by atoms with Crippen molar-refractivity contribution in [3.63, 3.8) is 0 Å². The molecule has 3 aromatic rings. The topological polar surface area (TPSA) is 142 Å². The molecule has 1 unspecified atom stereocenters. The van der Waals surface area contributed by atoms with Crippen molar-refractivity contribution in [3.8, 4) is 0 Å². The third kappa shape index (κ3) is 5.99. The van der Waals surface area contributed by atoms with E-state index >= 15 is 0 Å². The fraction of sp³-hybridized carbons (Fsp3) is 0.333. The van der Waals surface area contributed by atoms with Gasteiger partial charge in [0.1, 0.15) is 23.5 Å². The van der Waals surface area contributed by atoms with Crippen molar-refractivity contribution in [2.24, 2.45) is 0 Å². The van der Waals surface area contributed by atoms with Gasteiger partial charge in [-0.3, -0.25) is 4.79 Å². The lowest BCUT2D eigenvalue weighted by atomic mass is 10.1. The summed E-state index contributed by atoms with van der Waals surface area (Å²) in [5, 5.41) is 19.2. The van der Waals surface area contributed by atoms with Gasteiger partial charge in [0.2, 0.25) is 0 Å². The number of carbonyl (C=O) groups excluding carboxylic acids is 1. The van der Waals surface area contributed by atoms with Crippen molar-refractivity contribution < 1.29 is 27.6 Å². The smallest absolute Gasteiger partial charge is 0.383 e. The molecule has 5 N–H and O–H groups in total. The number of nitrogens with zero attached hydrogens (tertiary/aromatic N) is 4. The molecule has 0 bridgehead atoms. The van der Waals surface area contributed by atoms with Crippen LogP contribution in [-0.4, -0.2) is 45.1 Å². The van der Waals surface area contributed by atoms with Crippen molar-refractivity contribution >= 4 is 17.4 Å². The monoisotopic (exact) mass is 479 g/mol. The van der Waals surface area contributed by atoms with Crippen LogP contribution in [0.3, 0.4) is 0 Å². The molecule has 0 aliphatic carbocycles. The van der Waals surface area contributed by atoms with Crippen molar-refractivity contribution in [2.45, 2.75) is 32.4 Å². The number of hydrogen-bond donors (Lipinski definition) is 4. The zero-order chi connectivity index (χ0) is 25.0. The van der Waals surface area contributed by atoms with E-state index in [0.717, 1.165) is 6.07 Å². The molecular weight excluding hydrogens is 455 g/mol. The Kier molecular flexibility index (Phi) is 7.37. The number of aromatic nitrogens is 3. The molecule has 3 rings (SSSR count). The number of nitrogens with one attached hydrogen (secondary N) is 2. The van der Waals surface area contributed by atoms with Crippen LogP contribution in [-0.2, 0) is 19.3 Å². The van der Waals surface area contributed by atoms with E-state index in [9.17, 15) is 23.1 Å². The summed E-state index contributed by atoms with van der Waals surface area (Å²) < 4.78 is 44.4. The second kappa shape index (κ2) is 10.1. The third-order valence-electron chi connectivity index (χ3n) is 4.79. The first-order valence-corrected chi connectivity index (χ1v) is 10.1. The van der Waals surface area contributed by atoms with Crippen LogP contribution in [0, 0.1) is 6.92 Å². The number of aliphatic hydroxyl groups is 1. The van der Waals surface area contributed by atoms with E-state index in [1.807, 2.05) is 19.0 Å². The van der Waals surface area contributed by atoms with Crippen LogP contribution in [0.4, 0.5) is 24.7 Å². The summed E-state index contributed by atoms with van der Waals surface area (Å²) in [6, 6.07) is 4.97. The summed E-state index contributed by atoms with van der Waals surface area (Å²) in [5.74, 6) is -0.358. The highest BCUT2D eigenvalue weighted by molar-refractivity contribution is 5.94. The molecule has 0 aliphatic heterocycles. The van der Waals surface area contributed by atoms with Gasteiger partial charge in [-0.05, 0) is 38.7 Å². The number of nitrogen functional groups attached to an aromatic ring is 1. The largest absolute Gasteiger partial charge is 0.416 e. The Morgan fingerprint density at radius 2 is 2.00 bits per heavy atom. The van der Waals surface area contributed by atoms with Crippen LogP contribution in [0.25, 0.3) is 0 Å². The van der Waals surface area contributed by atoms with Crippen LogP contribution < -0.4 is 16.4 Å². The molecule has 2 aromatic heterocycles. The van der Waals surface area contributed by atoms with E-state index < -0.39 is 23.9 Å². The highest BCUT2D eigenvalue weighted by Crippen LogP contribution is 2.34. The molecule has 1 atom stereocenters. The summed E-state index contributed by atoms with van der Waals surface area (Å²) >= 11 is 0. The van der Waals surface area contributed by atoms with Gasteiger partial charge in [-0.2, -0.15) is 13.2 Å². The number of aliphatic hydroxyl groups excluding tert-OH is 1. The van der Waals surface area contributed by atoms with E-state index in [0.29, 0.717) is 12.1 Å². The lowest BCUT2D eigenvalue weighted by Crippen LogP contribution is -2.27. The fourth-order valence-corrected chi connectivity index (χ4v) is 3.13. The maximum atomic E-state index is 13.1. The second-order valence-corrected chi connectivity index (χ2v) is 7.80. The van der Waals surface area contributed by atoms with Crippen molar-refractivity contribution in [1.82, 2.24) is 25.3 Å². The Balaban J connectivity index is 1.65. The normalized spacial score (nSPS) is 12.6. The second-order valence-electron chi connectivity index (χ2n) is 7.80. The zero-order valence-electron chi connectivity index (χ0n) is 18.6. The first-order chi connectivity index (χ1) is 16.0. The van der Waals surface area contributed by atoms with Crippen molar-refractivity contribution in [1.29, 1.82) is 0 Å². The predicted molar refractivity (Wildman–Crippen MR) is 116 cm³/mol. The minimum Gasteiger partial charge on any atom is -0.383 e. The van der Waals surface area contributed by atoms with E-state index in [4.69, 9.17) is 10.3 Å². The van der Waals surface area contributed by atoms with E-state index in [1.54, 1.807) is 0 Å². The Morgan fingerprint density at radius 3 is 2.68 bits per heavy atom. The SMILES string of the molecule is Cc1ccc(NC(O)c2cc(CNC(=O)c3ncnc(N)c3CN(C)C)no2)cc1C(F)(F)F. The summed E-state index contributed by atoms with van der Waals surface area (Å²) in [7, 11) is 3.62. The predicted octanol–water partition coefficient (Wildman–Crippen LogP) is 2.47. The number of anilines is 2. The molecule has 0 aliphatic rings.